The molecule has 0 fully saturated rings. The minimum absolute atomic E-state index is 0.190. The number of nitrogens with one attached hydrogen (secondary N) is 2. The lowest BCUT2D eigenvalue weighted by atomic mass is 10.1. The molecule has 0 saturated carbocycles. The van der Waals surface area contributed by atoms with Gasteiger partial charge in [0.05, 0.1) is 0 Å². The molecule has 2 rings (SSSR count). The molecule has 1 amide bonds. The molecule has 4 nitrogen and oxygen atoms in total. The second-order valence-corrected chi connectivity index (χ2v) is 4.35. The van der Waals surface area contributed by atoms with Crippen molar-refractivity contribution in [3.8, 4) is 0 Å². The Kier molecular flexibility index (Phi) is 3.80. The average molecular weight is 256 g/mol. The van der Waals surface area contributed by atoms with E-state index >= 15 is 0 Å². The van der Waals surface area contributed by atoms with Crippen molar-refractivity contribution in [2.24, 2.45) is 0 Å². The van der Waals surface area contributed by atoms with Gasteiger partial charge in [-0.15, -0.1) is 0 Å². The average Bonchev–Trinajstić information content (AvgIpc) is 2.41. The van der Waals surface area contributed by atoms with E-state index in [4.69, 9.17) is 0 Å². The molecule has 0 spiro atoms. The maximum absolute atomic E-state index is 12.1. The van der Waals surface area contributed by atoms with Crippen LogP contribution >= 0.6 is 0 Å². The van der Waals surface area contributed by atoms with Crippen LogP contribution in [-0.4, -0.2) is 10.9 Å². The molecule has 19 heavy (non-hydrogen) atoms. The van der Waals surface area contributed by atoms with Gasteiger partial charge in [0.2, 0.25) is 0 Å². The predicted octanol–water partition coefficient (Wildman–Crippen LogP) is 2.50. The van der Waals surface area contributed by atoms with Crippen molar-refractivity contribution in [3.05, 3.63) is 63.6 Å². The number of hydrogen-bond donors (Lipinski definition) is 2. The van der Waals surface area contributed by atoms with Crippen LogP contribution in [0, 0.1) is 6.92 Å². The zero-order valence-corrected chi connectivity index (χ0v) is 11.0. The molecule has 98 valence electrons. The lowest BCUT2D eigenvalue weighted by Crippen LogP contribution is -2.17. The number of carbonyl (C=O) groups is 1. The van der Waals surface area contributed by atoms with Crippen molar-refractivity contribution in [3.63, 3.8) is 0 Å². The van der Waals surface area contributed by atoms with E-state index in [9.17, 15) is 9.59 Å². The van der Waals surface area contributed by atoms with Crippen molar-refractivity contribution >= 4 is 11.6 Å². The number of para-hydroxylation sites is 1. The Balaban J connectivity index is 2.31. The lowest BCUT2D eigenvalue weighted by Gasteiger charge is -2.12. The maximum Gasteiger partial charge on any atom is 0.272 e. The van der Waals surface area contributed by atoms with E-state index in [1.807, 2.05) is 32.0 Å². The van der Waals surface area contributed by atoms with Crippen LogP contribution in [0.5, 0.6) is 0 Å². The highest BCUT2D eigenvalue weighted by molar-refractivity contribution is 6.03. The third-order valence-electron chi connectivity index (χ3n) is 3.00. The van der Waals surface area contributed by atoms with Crippen molar-refractivity contribution in [2.45, 2.75) is 20.3 Å². The summed E-state index contributed by atoms with van der Waals surface area (Å²) in [7, 11) is 0. The first kappa shape index (κ1) is 13.1. The van der Waals surface area contributed by atoms with Crippen LogP contribution in [0.1, 0.15) is 28.5 Å². The number of amides is 1. The van der Waals surface area contributed by atoms with Gasteiger partial charge in [-0.05, 0) is 24.5 Å². The highest BCUT2D eigenvalue weighted by Gasteiger charge is 2.11. The number of rotatable bonds is 3. The second kappa shape index (κ2) is 5.52. The molecule has 0 radical (unpaired) electrons. The van der Waals surface area contributed by atoms with Crippen LogP contribution in [0.3, 0.4) is 0 Å². The third kappa shape index (κ3) is 2.91. The van der Waals surface area contributed by atoms with Crippen LogP contribution < -0.4 is 10.7 Å². The third-order valence-corrected chi connectivity index (χ3v) is 3.00. The molecule has 2 aromatic rings. The van der Waals surface area contributed by atoms with Crippen LogP contribution in [0.4, 0.5) is 5.69 Å². The first-order valence-corrected chi connectivity index (χ1v) is 6.20. The van der Waals surface area contributed by atoms with Gasteiger partial charge in [-0.25, -0.2) is 0 Å². The molecule has 0 unspecified atom stereocenters. The van der Waals surface area contributed by atoms with Gasteiger partial charge in [-0.3, -0.25) is 9.59 Å². The quantitative estimate of drug-likeness (QED) is 0.886. The van der Waals surface area contributed by atoms with E-state index in [1.165, 1.54) is 18.3 Å². The fourth-order valence-corrected chi connectivity index (χ4v) is 1.96. The summed E-state index contributed by atoms with van der Waals surface area (Å²) < 4.78 is 0. The molecule has 0 saturated heterocycles. The summed E-state index contributed by atoms with van der Waals surface area (Å²) in [5, 5.41) is 2.86. The van der Waals surface area contributed by atoms with Crippen molar-refractivity contribution in [1.82, 2.24) is 4.98 Å². The first-order valence-electron chi connectivity index (χ1n) is 6.20. The predicted molar refractivity (Wildman–Crippen MR) is 75.6 cm³/mol. The lowest BCUT2D eigenvalue weighted by molar-refractivity contribution is 0.102. The van der Waals surface area contributed by atoms with Crippen LogP contribution in [-0.2, 0) is 6.42 Å². The monoisotopic (exact) mass is 256 g/mol. The minimum Gasteiger partial charge on any atom is -0.357 e. The van der Waals surface area contributed by atoms with E-state index in [0.717, 1.165) is 23.2 Å². The molecule has 0 atom stereocenters. The van der Waals surface area contributed by atoms with Gasteiger partial charge < -0.3 is 10.3 Å². The minimum atomic E-state index is -0.304. The summed E-state index contributed by atoms with van der Waals surface area (Å²) in [6, 6.07) is 8.56. The van der Waals surface area contributed by atoms with Crippen molar-refractivity contribution in [2.75, 3.05) is 5.32 Å². The number of benzene rings is 1. The summed E-state index contributed by atoms with van der Waals surface area (Å²) in [5.41, 5.74) is 2.97. The summed E-state index contributed by atoms with van der Waals surface area (Å²) in [6.07, 6.45) is 2.30. The van der Waals surface area contributed by atoms with Crippen LogP contribution in [0.15, 0.2) is 41.3 Å². The number of aryl methyl sites for hydroxylation is 2. The van der Waals surface area contributed by atoms with E-state index < -0.39 is 0 Å². The van der Waals surface area contributed by atoms with Gasteiger partial charge in [0, 0.05) is 24.0 Å². The Morgan fingerprint density at radius 1 is 1.32 bits per heavy atom. The topological polar surface area (TPSA) is 62.0 Å². The Hall–Kier alpha value is -2.36. The summed E-state index contributed by atoms with van der Waals surface area (Å²) in [4.78, 5) is 26.1. The molecule has 0 aliphatic carbocycles. The molecular formula is C15H16N2O2. The fraction of sp³-hybridized carbons (Fsp3) is 0.200. The largest absolute Gasteiger partial charge is 0.357 e. The molecule has 0 aliphatic heterocycles. The zero-order chi connectivity index (χ0) is 13.8. The molecule has 4 heteroatoms. The zero-order valence-electron chi connectivity index (χ0n) is 11.0. The second-order valence-electron chi connectivity index (χ2n) is 4.35. The highest BCUT2D eigenvalue weighted by Crippen LogP contribution is 2.21. The fourth-order valence-electron chi connectivity index (χ4n) is 1.96. The molecule has 1 aromatic carbocycles. The Labute approximate surface area is 111 Å². The number of hydrogen-bond acceptors (Lipinski definition) is 2. The number of aromatic nitrogens is 1. The van der Waals surface area contributed by atoms with E-state index in [-0.39, 0.29) is 17.0 Å². The number of carbonyl (C=O) groups excluding carboxylic acids is 1. The van der Waals surface area contributed by atoms with Gasteiger partial charge in [0.1, 0.15) is 5.69 Å². The van der Waals surface area contributed by atoms with Gasteiger partial charge in [0.15, 0.2) is 5.43 Å². The Bertz CT molecular complexity index is 659. The summed E-state index contributed by atoms with van der Waals surface area (Å²) in [5.74, 6) is -0.304. The van der Waals surface area contributed by atoms with E-state index in [1.54, 1.807) is 0 Å². The van der Waals surface area contributed by atoms with Crippen molar-refractivity contribution in [1.29, 1.82) is 0 Å². The Morgan fingerprint density at radius 3 is 2.79 bits per heavy atom. The van der Waals surface area contributed by atoms with Gasteiger partial charge >= 0.3 is 0 Å². The standard InChI is InChI=1S/C15H16N2O2/c1-3-11-6-4-5-10(2)14(11)17-15(19)13-9-12(18)7-8-16-13/h4-9H,3H2,1-2H3,(H,16,18)(H,17,19). The number of anilines is 1. The number of pyridine rings is 1. The number of H-pyrrole nitrogens is 1. The molecule has 1 aromatic heterocycles. The Morgan fingerprint density at radius 2 is 2.11 bits per heavy atom. The van der Waals surface area contributed by atoms with Gasteiger partial charge in [-0.2, -0.15) is 0 Å². The van der Waals surface area contributed by atoms with Gasteiger partial charge in [-0.1, -0.05) is 25.1 Å². The molecule has 1 heterocycles. The van der Waals surface area contributed by atoms with E-state index in [0.29, 0.717) is 0 Å². The van der Waals surface area contributed by atoms with Gasteiger partial charge in [0.25, 0.3) is 5.91 Å². The SMILES string of the molecule is CCc1cccc(C)c1NC(=O)c1cc(=O)cc[nH]1. The number of aromatic amines is 1. The summed E-state index contributed by atoms with van der Waals surface area (Å²) in [6.45, 7) is 3.98. The summed E-state index contributed by atoms with van der Waals surface area (Å²) >= 11 is 0. The molecule has 0 aliphatic rings. The maximum atomic E-state index is 12.1. The van der Waals surface area contributed by atoms with Crippen LogP contribution in [0.2, 0.25) is 0 Å². The highest BCUT2D eigenvalue weighted by atomic mass is 16.2. The van der Waals surface area contributed by atoms with E-state index in [2.05, 4.69) is 10.3 Å². The normalized spacial score (nSPS) is 10.2. The smallest absolute Gasteiger partial charge is 0.272 e. The molecule has 2 N–H and O–H groups in total. The van der Waals surface area contributed by atoms with Crippen LogP contribution in [0.25, 0.3) is 0 Å². The molecular weight excluding hydrogens is 240 g/mol. The molecule has 0 bridgehead atoms. The first-order chi connectivity index (χ1) is 9.11. The van der Waals surface area contributed by atoms with Crippen molar-refractivity contribution < 1.29 is 4.79 Å².